The van der Waals surface area contributed by atoms with Crippen LogP contribution in [0.25, 0.3) is 0 Å². The number of hydrogen-bond acceptors (Lipinski definition) is 6. The number of amides is 1. The molecule has 0 fully saturated rings. The van der Waals surface area contributed by atoms with Gasteiger partial charge in [-0.05, 0) is 61.5 Å². The fourth-order valence-corrected chi connectivity index (χ4v) is 2.08. The zero-order valence-corrected chi connectivity index (χ0v) is 15.3. The van der Waals surface area contributed by atoms with Crippen LogP contribution < -0.4 is 15.4 Å². The second-order valence-corrected chi connectivity index (χ2v) is 5.89. The first kappa shape index (κ1) is 18.8. The van der Waals surface area contributed by atoms with Gasteiger partial charge in [-0.1, -0.05) is 18.9 Å². The number of nitrogens with zero attached hydrogens (tertiary/aromatic N) is 4. The van der Waals surface area contributed by atoms with Crippen molar-refractivity contribution in [3.05, 3.63) is 29.8 Å². The van der Waals surface area contributed by atoms with E-state index in [4.69, 9.17) is 17.0 Å². The third-order valence-corrected chi connectivity index (χ3v) is 3.56. The monoisotopic (exact) mass is 362 g/mol. The van der Waals surface area contributed by atoms with Crippen molar-refractivity contribution in [3.63, 3.8) is 0 Å². The Balaban J connectivity index is 1.88. The van der Waals surface area contributed by atoms with E-state index in [-0.39, 0.29) is 23.1 Å². The average Bonchev–Trinajstić information content (AvgIpc) is 3.02. The minimum Gasteiger partial charge on any atom is -0.491 e. The second-order valence-electron chi connectivity index (χ2n) is 5.48. The first-order valence-corrected chi connectivity index (χ1v) is 8.59. The lowest BCUT2D eigenvalue weighted by Gasteiger charge is -2.12. The van der Waals surface area contributed by atoms with Gasteiger partial charge in [-0.15, -0.1) is 5.10 Å². The van der Waals surface area contributed by atoms with Gasteiger partial charge >= 0.3 is 0 Å². The van der Waals surface area contributed by atoms with Crippen LogP contribution in [0.4, 0.5) is 5.95 Å². The van der Waals surface area contributed by atoms with Crippen molar-refractivity contribution in [2.45, 2.75) is 46.3 Å². The molecule has 0 bridgehead atoms. The zero-order valence-electron chi connectivity index (χ0n) is 14.5. The summed E-state index contributed by atoms with van der Waals surface area (Å²) in [4.78, 5) is 13.7. The molecule has 0 aliphatic carbocycles. The minimum atomic E-state index is -0.325. The Hall–Kier alpha value is -2.55. The van der Waals surface area contributed by atoms with Gasteiger partial charge in [0, 0.05) is 5.56 Å². The number of carbonyl (C=O) groups excluding carboxylic acids is 1. The number of thiocarbonyl (C=S) groups is 1. The van der Waals surface area contributed by atoms with Crippen LogP contribution >= 0.6 is 12.2 Å². The van der Waals surface area contributed by atoms with E-state index in [1.54, 1.807) is 24.3 Å². The summed E-state index contributed by atoms with van der Waals surface area (Å²) in [6.45, 7) is 6.73. The number of rotatable bonds is 7. The molecular formula is C16H22N6O2S. The molecule has 1 aromatic carbocycles. The molecule has 1 amide bonds. The third-order valence-electron chi connectivity index (χ3n) is 3.36. The molecule has 0 spiro atoms. The highest BCUT2D eigenvalue weighted by molar-refractivity contribution is 7.80. The molecule has 1 atom stereocenters. The number of ether oxygens (including phenoxy) is 1. The molecule has 0 saturated heterocycles. The number of anilines is 1. The maximum atomic E-state index is 12.2. The topological polar surface area (TPSA) is 94.0 Å². The standard InChI is InChI=1S/C16H22N6O2S/c1-4-10-22-20-15(19-21-22)18-16(25)17-14(23)12-6-8-13(9-7-12)24-11(3)5-2/h6-9,11H,4-5,10H2,1-3H3,(H2,17,18,20,23,25)/t11-/m0/s1. The average molecular weight is 362 g/mol. The molecule has 2 aromatic rings. The lowest BCUT2D eigenvalue weighted by atomic mass is 10.2. The van der Waals surface area contributed by atoms with E-state index in [1.165, 1.54) is 4.80 Å². The first-order chi connectivity index (χ1) is 12.0. The molecule has 0 aliphatic rings. The molecule has 1 aromatic heterocycles. The fraction of sp³-hybridized carbons (Fsp3) is 0.438. The molecule has 134 valence electrons. The fourth-order valence-electron chi connectivity index (χ4n) is 1.90. The number of tetrazole rings is 1. The maximum Gasteiger partial charge on any atom is 0.269 e. The molecule has 2 N–H and O–H groups in total. The molecule has 2 rings (SSSR count). The minimum absolute atomic E-state index is 0.112. The van der Waals surface area contributed by atoms with E-state index in [2.05, 4.69) is 33.0 Å². The summed E-state index contributed by atoms with van der Waals surface area (Å²) >= 11 is 5.10. The second kappa shape index (κ2) is 9.07. The third kappa shape index (κ3) is 5.79. The van der Waals surface area contributed by atoms with Crippen LogP contribution in [0.3, 0.4) is 0 Å². The molecule has 25 heavy (non-hydrogen) atoms. The van der Waals surface area contributed by atoms with Crippen LogP contribution in [-0.2, 0) is 6.54 Å². The van der Waals surface area contributed by atoms with Crippen LogP contribution in [-0.4, -0.2) is 37.3 Å². The highest BCUT2D eigenvalue weighted by atomic mass is 32.1. The van der Waals surface area contributed by atoms with Crippen molar-refractivity contribution in [3.8, 4) is 5.75 Å². The number of aryl methyl sites for hydroxylation is 1. The highest BCUT2D eigenvalue weighted by Gasteiger charge is 2.11. The van der Waals surface area contributed by atoms with Crippen molar-refractivity contribution in [1.82, 2.24) is 25.5 Å². The Morgan fingerprint density at radius 3 is 2.68 bits per heavy atom. The van der Waals surface area contributed by atoms with E-state index < -0.39 is 0 Å². The quantitative estimate of drug-likeness (QED) is 0.730. The van der Waals surface area contributed by atoms with Crippen molar-refractivity contribution >= 4 is 29.2 Å². The van der Waals surface area contributed by atoms with Gasteiger partial charge in [0.15, 0.2) is 5.11 Å². The largest absolute Gasteiger partial charge is 0.491 e. The van der Waals surface area contributed by atoms with Gasteiger partial charge < -0.3 is 4.74 Å². The van der Waals surface area contributed by atoms with Gasteiger partial charge in [-0.2, -0.15) is 4.80 Å². The maximum absolute atomic E-state index is 12.2. The Bertz CT molecular complexity index is 716. The predicted octanol–water partition coefficient (Wildman–Crippen LogP) is 2.39. The highest BCUT2D eigenvalue weighted by Crippen LogP contribution is 2.14. The zero-order chi connectivity index (χ0) is 18.2. The van der Waals surface area contributed by atoms with Gasteiger partial charge in [0.05, 0.1) is 12.6 Å². The van der Waals surface area contributed by atoms with Gasteiger partial charge in [-0.3, -0.25) is 15.4 Å². The summed E-state index contributed by atoms with van der Waals surface area (Å²) < 4.78 is 5.68. The Morgan fingerprint density at radius 1 is 1.32 bits per heavy atom. The Kier molecular flexibility index (Phi) is 6.81. The molecule has 8 nitrogen and oxygen atoms in total. The van der Waals surface area contributed by atoms with Crippen LogP contribution in [0, 0.1) is 0 Å². The number of hydrogen-bond donors (Lipinski definition) is 2. The molecule has 0 saturated carbocycles. The number of aromatic nitrogens is 4. The molecule has 9 heteroatoms. The van der Waals surface area contributed by atoms with Gasteiger partial charge in [0.25, 0.3) is 11.9 Å². The SMILES string of the molecule is CCCn1nnc(NC(=S)NC(=O)c2ccc(O[C@@H](C)CC)cc2)n1. The molecule has 0 radical (unpaired) electrons. The number of carbonyl (C=O) groups is 1. The van der Waals surface area contributed by atoms with Gasteiger partial charge in [0.1, 0.15) is 5.75 Å². The van der Waals surface area contributed by atoms with Crippen molar-refractivity contribution in [2.75, 3.05) is 5.32 Å². The van der Waals surface area contributed by atoms with Crippen LogP contribution in [0.1, 0.15) is 44.0 Å². The van der Waals surface area contributed by atoms with Crippen LogP contribution in [0.2, 0.25) is 0 Å². The lowest BCUT2D eigenvalue weighted by molar-refractivity contribution is 0.0977. The predicted molar refractivity (Wildman–Crippen MR) is 98.6 cm³/mol. The Morgan fingerprint density at radius 2 is 2.04 bits per heavy atom. The van der Waals surface area contributed by atoms with Gasteiger partial charge in [0.2, 0.25) is 0 Å². The molecule has 0 unspecified atom stereocenters. The lowest BCUT2D eigenvalue weighted by Crippen LogP contribution is -2.34. The molecule has 0 aliphatic heterocycles. The van der Waals surface area contributed by atoms with Crippen molar-refractivity contribution in [2.24, 2.45) is 0 Å². The van der Waals surface area contributed by atoms with E-state index in [9.17, 15) is 4.79 Å². The smallest absolute Gasteiger partial charge is 0.269 e. The van der Waals surface area contributed by atoms with Gasteiger partial charge in [-0.25, -0.2) is 0 Å². The first-order valence-electron chi connectivity index (χ1n) is 8.18. The summed E-state index contributed by atoms with van der Waals surface area (Å²) in [6.07, 6.45) is 1.94. The van der Waals surface area contributed by atoms with E-state index in [0.29, 0.717) is 12.1 Å². The molecule has 1 heterocycles. The van der Waals surface area contributed by atoms with Crippen molar-refractivity contribution < 1.29 is 9.53 Å². The summed E-state index contributed by atoms with van der Waals surface area (Å²) in [5.41, 5.74) is 0.475. The summed E-state index contributed by atoms with van der Waals surface area (Å²) in [5.74, 6) is 0.646. The van der Waals surface area contributed by atoms with Crippen LogP contribution in [0.5, 0.6) is 5.75 Å². The number of nitrogens with one attached hydrogen (secondary N) is 2. The van der Waals surface area contributed by atoms with Crippen molar-refractivity contribution in [1.29, 1.82) is 0 Å². The van der Waals surface area contributed by atoms with E-state index in [0.717, 1.165) is 18.6 Å². The summed E-state index contributed by atoms with van der Waals surface area (Å²) in [6, 6.07) is 6.89. The normalized spacial score (nSPS) is 11.6. The Labute approximate surface area is 151 Å². The van der Waals surface area contributed by atoms with E-state index in [1.807, 2.05) is 13.8 Å². The summed E-state index contributed by atoms with van der Waals surface area (Å²) in [5, 5.41) is 17.2. The van der Waals surface area contributed by atoms with E-state index >= 15 is 0 Å². The molecular weight excluding hydrogens is 340 g/mol. The number of benzene rings is 1. The summed E-state index contributed by atoms with van der Waals surface area (Å²) in [7, 11) is 0. The van der Waals surface area contributed by atoms with Crippen LogP contribution in [0.15, 0.2) is 24.3 Å².